The van der Waals surface area contributed by atoms with Gasteiger partial charge in [0.25, 0.3) is 0 Å². The van der Waals surface area contributed by atoms with Gasteiger partial charge in [-0.15, -0.1) is 0 Å². The van der Waals surface area contributed by atoms with Crippen LogP contribution in [0.5, 0.6) is 0 Å². The van der Waals surface area contributed by atoms with Crippen LogP contribution in [0.15, 0.2) is 36.6 Å². The second-order valence-corrected chi connectivity index (χ2v) is 7.17. The molecule has 0 aliphatic carbocycles. The van der Waals surface area contributed by atoms with Gasteiger partial charge < -0.3 is 5.32 Å². The van der Waals surface area contributed by atoms with Crippen molar-refractivity contribution >= 4 is 0 Å². The SMILES string of the molecule is C=C(CCCCC(=C)C(C)C)NCCCCCC(=C)C(C)C. The van der Waals surface area contributed by atoms with Crippen molar-refractivity contribution < 1.29 is 0 Å². The van der Waals surface area contributed by atoms with E-state index in [1.165, 1.54) is 55.4 Å². The third kappa shape index (κ3) is 11.7. The van der Waals surface area contributed by atoms with Crippen LogP contribution in [0.25, 0.3) is 0 Å². The summed E-state index contributed by atoms with van der Waals surface area (Å²) in [7, 11) is 0. The highest BCUT2D eigenvalue weighted by atomic mass is 14.9. The summed E-state index contributed by atoms with van der Waals surface area (Å²) < 4.78 is 0. The lowest BCUT2D eigenvalue weighted by Gasteiger charge is -2.12. The van der Waals surface area contributed by atoms with Crippen molar-refractivity contribution in [3.05, 3.63) is 36.6 Å². The van der Waals surface area contributed by atoms with E-state index < -0.39 is 0 Å². The van der Waals surface area contributed by atoms with E-state index in [0.717, 1.165) is 19.4 Å². The van der Waals surface area contributed by atoms with Crippen LogP contribution in [0.4, 0.5) is 0 Å². The van der Waals surface area contributed by atoms with Crippen LogP contribution in [0, 0.1) is 11.8 Å². The maximum atomic E-state index is 4.13. The van der Waals surface area contributed by atoms with Crippen molar-refractivity contribution in [1.82, 2.24) is 5.32 Å². The molecule has 128 valence electrons. The van der Waals surface area contributed by atoms with Gasteiger partial charge in [0.1, 0.15) is 0 Å². The van der Waals surface area contributed by atoms with Crippen molar-refractivity contribution in [2.75, 3.05) is 6.54 Å². The Bertz CT molecular complexity index is 336. The molecule has 0 spiro atoms. The van der Waals surface area contributed by atoms with Gasteiger partial charge in [0.15, 0.2) is 0 Å². The Balaban J connectivity index is 3.43. The van der Waals surface area contributed by atoms with Gasteiger partial charge in [-0.1, -0.05) is 65.0 Å². The molecule has 0 atom stereocenters. The fraction of sp³-hybridized carbons (Fsp3) is 0.714. The summed E-state index contributed by atoms with van der Waals surface area (Å²) >= 11 is 0. The summed E-state index contributed by atoms with van der Waals surface area (Å²) in [6, 6.07) is 0. The number of nitrogens with one attached hydrogen (secondary N) is 1. The Labute approximate surface area is 140 Å². The minimum Gasteiger partial charge on any atom is -0.389 e. The van der Waals surface area contributed by atoms with E-state index in [1.807, 2.05) is 0 Å². The summed E-state index contributed by atoms with van der Waals surface area (Å²) in [5, 5.41) is 3.47. The van der Waals surface area contributed by atoms with E-state index in [9.17, 15) is 0 Å². The smallest absolute Gasteiger partial charge is 0.0143 e. The Kier molecular flexibility index (Phi) is 12.0. The summed E-state index contributed by atoms with van der Waals surface area (Å²) in [5.74, 6) is 1.25. The molecule has 0 aliphatic heterocycles. The van der Waals surface area contributed by atoms with Gasteiger partial charge >= 0.3 is 0 Å². The first-order chi connectivity index (χ1) is 10.3. The van der Waals surface area contributed by atoms with Crippen molar-refractivity contribution in [2.24, 2.45) is 11.8 Å². The number of hydrogen-bond acceptors (Lipinski definition) is 1. The molecule has 0 saturated carbocycles. The molecule has 1 nitrogen and oxygen atoms in total. The fourth-order valence-corrected chi connectivity index (χ4v) is 2.28. The van der Waals surface area contributed by atoms with Gasteiger partial charge in [-0.05, 0) is 56.8 Å². The van der Waals surface area contributed by atoms with Gasteiger partial charge in [-0.25, -0.2) is 0 Å². The summed E-state index contributed by atoms with van der Waals surface area (Å²) in [6.45, 7) is 22.3. The Hall–Kier alpha value is -0.980. The van der Waals surface area contributed by atoms with Crippen LogP contribution in [-0.2, 0) is 0 Å². The monoisotopic (exact) mass is 305 g/mol. The topological polar surface area (TPSA) is 12.0 Å². The highest BCUT2D eigenvalue weighted by molar-refractivity contribution is 4.98. The van der Waals surface area contributed by atoms with Gasteiger partial charge in [0, 0.05) is 12.2 Å². The molecule has 1 heteroatoms. The van der Waals surface area contributed by atoms with E-state index in [2.05, 4.69) is 52.7 Å². The predicted octanol–water partition coefficient (Wildman–Crippen LogP) is 6.63. The van der Waals surface area contributed by atoms with E-state index in [0.29, 0.717) is 11.8 Å². The summed E-state index contributed by atoms with van der Waals surface area (Å²) in [4.78, 5) is 0. The Morgan fingerprint density at radius 2 is 1.14 bits per heavy atom. The molecular weight excluding hydrogens is 266 g/mol. The van der Waals surface area contributed by atoms with Crippen LogP contribution in [0.2, 0.25) is 0 Å². The largest absolute Gasteiger partial charge is 0.389 e. The molecule has 0 radical (unpaired) electrons. The van der Waals surface area contributed by atoms with Crippen molar-refractivity contribution in [3.63, 3.8) is 0 Å². The average Bonchev–Trinajstić information content (AvgIpc) is 2.46. The second kappa shape index (κ2) is 12.6. The molecule has 22 heavy (non-hydrogen) atoms. The van der Waals surface area contributed by atoms with Gasteiger partial charge in [-0.3, -0.25) is 0 Å². The molecule has 0 aromatic heterocycles. The molecule has 0 heterocycles. The predicted molar refractivity (Wildman–Crippen MR) is 102 cm³/mol. The van der Waals surface area contributed by atoms with Crippen molar-refractivity contribution in [1.29, 1.82) is 0 Å². The first-order valence-electron chi connectivity index (χ1n) is 9.11. The first-order valence-corrected chi connectivity index (χ1v) is 9.11. The zero-order chi connectivity index (χ0) is 17.0. The standard InChI is InChI=1S/C21H39N/c1-17(2)19(5)13-9-8-12-16-22-21(7)15-11-10-14-20(6)18(3)4/h17-18,22H,5-16H2,1-4H3. The van der Waals surface area contributed by atoms with E-state index in [4.69, 9.17) is 0 Å². The molecule has 0 amide bonds. The lowest BCUT2D eigenvalue weighted by Crippen LogP contribution is -2.13. The third-order valence-corrected chi connectivity index (χ3v) is 4.41. The fourth-order valence-electron chi connectivity index (χ4n) is 2.28. The summed E-state index contributed by atoms with van der Waals surface area (Å²) in [6.07, 6.45) is 9.65. The average molecular weight is 306 g/mol. The summed E-state index contributed by atoms with van der Waals surface area (Å²) in [5.41, 5.74) is 3.96. The molecule has 0 aromatic rings. The molecule has 1 N–H and O–H groups in total. The zero-order valence-electron chi connectivity index (χ0n) is 15.6. The Morgan fingerprint density at radius 1 is 0.682 bits per heavy atom. The Morgan fingerprint density at radius 3 is 1.64 bits per heavy atom. The maximum absolute atomic E-state index is 4.13. The number of rotatable bonds is 14. The number of unbranched alkanes of at least 4 members (excludes halogenated alkanes) is 3. The van der Waals surface area contributed by atoms with E-state index >= 15 is 0 Å². The third-order valence-electron chi connectivity index (χ3n) is 4.41. The van der Waals surface area contributed by atoms with E-state index in [1.54, 1.807) is 0 Å². The van der Waals surface area contributed by atoms with Crippen molar-refractivity contribution in [3.8, 4) is 0 Å². The number of allylic oxidation sites excluding steroid dienone is 3. The quantitative estimate of drug-likeness (QED) is 0.280. The molecule has 0 saturated heterocycles. The first kappa shape index (κ1) is 21.0. The normalized spacial score (nSPS) is 11.0. The minimum absolute atomic E-state index is 0.619. The molecule has 0 aromatic carbocycles. The van der Waals surface area contributed by atoms with Crippen LogP contribution >= 0.6 is 0 Å². The molecule has 0 aliphatic rings. The second-order valence-electron chi connectivity index (χ2n) is 7.17. The van der Waals surface area contributed by atoms with Crippen molar-refractivity contribution in [2.45, 2.75) is 79.1 Å². The molecule has 0 unspecified atom stereocenters. The molecule has 0 fully saturated rings. The van der Waals surface area contributed by atoms with Crippen LogP contribution in [0.1, 0.15) is 79.1 Å². The molecule has 0 bridgehead atoms. The number of hydrogen-bond donors (Lipinski definition) is 1. The highest BCUT2D eigenvalue weighted by Gasteiger charge is 2.01. The molecule has 0 rings (SSSR count). The van der Waals surface area contributed by atoms with E-state index in [-0.39, 0.29) is 0 Å². The van der Waals surface area contributed by atoms with Crippen LogP contribution < -0.4 is 5.32 Å². The van der Waals surface area contributed by atoms with Crippen LogP contribution in [-0.4, -0.2) is 6.54 Å². The minimum atomic E-state index is 0.619. The lowest BCUT2D eigenvalue weighted by molar-refractivity contribution is 0.598. The highest BCUT2D eigenvalue weighted by Crippen LogP contribution is 2.17. The van der Waals surface area contributed by atoms with Gasteiger partial charge in [0.05, 0.1) is 0 Å². The van der Waals surface area contributed by atoms with Gasteiger partial charge in [-0.2, -0.15) is 0 Å². The molecular formula is C21H39N. The van der Waals surface area contributed by atoms with Gasteiger partial charge in [0.2, 0.25) is 0 Å². The van der Waals surface area contributed by atoms with Crippen LogP contribution in [0.3, 0.4) is 0 Å². The zero-order valence-corrected chi connectivity index (χ0v) is 15.6. The maximum Gasteiger partial charge on any atom is 0.0143 e. The lowest BCUT2D eigenvalue weighted by atomic mass is 9.98.